The van der Waals surface area contributed by atoms with Crippen LogP contribution in [0.3, 0.4) is 0 Å². The fourth-order valence-electron chi connectivity index (χ4n) is 1.80. The Bertz CT molecular complexity index is 506. The average molecular weight is 203 g/mol. The van der Waals surface area contributed by atoms with Gasteiger partial charge in [0.15, 0.2) is 0 Å². The van der Waals surface area contributed by atoms with Crippen molar-refractivity contribution in [1.29, 1.82) is 0 Å². The molecule has 0 fully saturated rings. The van der Waals surface area contributed by atoms with Gasteiger partial charge >= 0.3 is 5.82 Å². The Morgan fingerprint density at radius 3 is 2.60 bits per heavy atom. The molecule has 2 aromatic heterocycles. The molecular formula is C12H15N2O+. The van der Waals surface area contributed by atoms with Gasteiger partial charge in [-0.1, -0.05) is 31.7 Å². The van der Waals surface area contributed by atoms with E-state index in [0.717, 1.165) is 11.1 Å². The van der Waals surface area contributed by atoms with Crippen molar-refractivity contribution in [3.8, 4) is 0 Å². The van der Waals surface area contributed by atoms with E-state index in [0.29, 0.717) is 5.82 Å². The van der Waals surface area contributed by atoms with E-state index in [-0.39, 0.29) is 5.41 Å². The Labute approximate surface area is 88.7 Å². The van der Waals surface area contributed by atoms with E-state index in [1.807, 2.05) is 34.0 Å². The van der Waals surface area contributed by atoms with Gasteiger partial charge in [0.05, 0.1) is 11.8 Å². The number of nitrogens with one attached hydrogen (secondary N) is 1. The zero-order chi connectivity index (χ0) is 11.1. The molecule has 3 heteroatoms. The number of aromatic nitrogens is 1. The molecule has 0 aliphatic rings. The van der Waals surface area contributed by atoms with Crippen molar-refractivity contribution in [3.05, 3.63) is 40.9 Å². The van der Waals surface area contributed by atoms with Crippen LogP contribution in [0.2, 0.25) is 0 Å². The second-order valence-corrected chi connectivity index (χ2v) is 4.75. The van der Waals surface area contributed by atoms with Crippen molar-refractivity contribution in [2.24, 2.45) is 0 Å². The standard InChI is InChI=1S/C12H14N2O/c1-12(2,3)10-8-9-6-4-5-7-14(9)11(10)13-15/h4-8H,1-3H3/p+1. The molecule has 2 rings (SSSR count). The van der Waals surface area contributed by atoms with Crippen molar-refractivity contribution in [1.82, 2.24) is 4.40 Å². The molecule has 0 radical (unpaired) electrons. The van der Waals surface area contributed by atoms with Crippen LogP contribution in [0.15, 0.2) is 30.5 Å². The third kappa shape index (κ3) is 1.54. The molecule has 2 aromatic rings. The van der Waals surface area contributed by atoms with Gasteiger partial charge < -0.3 is 0 Å². The lowest BCUT2D eigenvalue weighted by Crippen LogP contribution is -2.58. The van der Waals surface area contributed by atoms with E-state index in [1.165, 1.54) is 0 Å². The van der Waals surface area contributed by atoms with E-state index in [1.54, 1.807) is 0 Å². The van der Waals surface area contributed by atoms with Crippen LogP contribution in [0.5, 0.6) is 0 Å². The SMILES string of the molecule is CC(C)(C)c1cc2ccccn2c1[NH+]=O. The first-order valence-corrected chi connectivity index (χ1v) is 5.03. The maximum Gasteiger partial charge on any atom is 0.326 e. The van der Waals surface area contributed by atoms with Crippen LogP contribution in [-0.2, 0) is 5.41 Å². The molecule has 0 aliphatic heterocycles. The van der Waals surface area contributed by atoms with Gasteiger partial charge in [-0.2, -0.15) is 4.40 Å². The molecule has 0 aliphatic carbocycles. The fraction of sp³-hybridized carbons (Fsp3) is 0.333. The van der Waals surface area contributed by atoms with Crippen molar-refractivity contribution >= 4 is 11.3 Å². The van der Waals surface area contributed by atoms with Crippen LogP contribution in [0.1, 0.15) is 26.3 Å². The number of fused-ring (bicyclic) bond motifs is 1. The van der Waals surface area contributed by atoms with Gasteiger partial charge in [-0.15, -0.1) is 0 Å². The van der Waals surface area contributed by atoms with Crippen LogP contribution in [-0.4, -0.2) is 4.40 Å². The zero-order valence-electron chi connectivity index (χ0n) is 9.24. The van der Waals surface area contributed by atoms with Crippen LogP contribution in [0, 0.1) is 4.91 Å². The minimum atomic E-state index is -0.0290. The van der Waals surface area contributed by atoms with Crippen molar-refractivity contribution in [3.63, 3.8) is 0 Å². The third-order valence-corrected chi connectivity index (χ3v) is 2.58. The Hall–Kier alpha value is -1.64. The van der Waals surface area contributed by atoms with Crippen molar-refractivity contribution < 1.29 is 5.18 Å². The molecule has 78 valence electrons. The highest BCUT2D eigenvalue weighted by molar-refractivity contribution is 5.59. The lowest BCUT2D eigenvalue weighted by atomic mass is 9.88. The van der Waals surface area contributed by atoms with Gasteiger partial charge in [0.25, 0.3) is 0 Å². The topological polar surface area (TPSA) is 35.5 Å². The lowest BCUT2D eigenvalue weighted by Gasteiger charge is -2.14. The Balaban J connectivity index is 2.81. The quantitative estimate of drug-likeness (QED) is 0.752. The smallest absolute Gasteiger partial charge is 0.197 e. The summed E-state index contributed by atoms with van der Waals surface area (Å²) in [7, 11) is 0. The number of rotatable bonds is 1. The average Bonchev–Trinajstić information content (AvgIpc) is 2.55. The van der Waals surface area contributed by atoms with Crippen LogP contribution < -0.4 is 5.18 Å². The summed E-state index contributed by atoms with van der Waals surface area (Å²) in [4.78, 5) is 11.0. The molecule has 2 heterocycles. The highest BCUT2D eigenvalue weighted by Gasteiger charge is 2.26. The predicted octanol–water partition coefficient (Wildman–Crippen LogP) is 1.72. The molecule has 0 saturated carbocycles. The molecule has 0 saturated heterocycles. The summed E-state index contributed by atoms with van der Waals surface area (Å²) in [6.07, 6.45) is 1.89. The molecule has 0 atom stereocenters. The molecule has 0 bridgehead atoms. The van der Waals surface area contributed by atoms with Gasteiger partial charge in [-0.05, 0) is 28.8 Å². The van der Waals surface area contributed by atoms with Gasteiger partial charge in [-0.3, -0.25) is 0 Å². The number of hydrogen-bond acceptors (Lipinski definition) is 1. The first-order valence-electron chi connectivity index (χ1n) is 5.03. The van der Waals surface area contributed by atoms with Crippen LogP contribution >= 0.6 is 0 Å². The van der Waals surface area contributed by atoms with Gasteiger partial charge in [0.2, 0.25) is 0 Å². The predicted molar refractivity (Wildman–Crippen MR) is 60.1 cm³/mol. The summed E-state index contributed by atoms with van der Waals surface area (Å²) in [6.45, 7) is 6.30. The molecular weight excluding hydrogens is 188 g/mol. The zero-order valence-corrected chi connectivity index (χ0v) is 9.24. The Kier molecular flexibility index (Phi) is 2.11. The highest BCUT2D eigenvalue weighted by atomic mass is 16.3. The lowest BCUT2D eigenvalue weighted by molar-refractivity contribution is -0.386. The molecule has 0 spiro atoms. The molecule has 3 nitrogen and oxygen atoms in total. The molecule has 1 N–H and O–H groups in total. The third-order valence-electron chi connectivity index (χ3n) is 2.58. The molecule has 0 unspecified atom stereocenters. The first kappa shape index (κ1) is 9.90. The minimum Gasteiger partial charge on any atom is -0.197 e. The summed E-state index contributed by atoms with van der Waals surface area (Å²) >= 11 is 0. The molecule has 0 amide bonds. The summed E-state index contributed by atoms with van der Waals surface area (Å²) in [5, 5.41) is 2.04. The number of nitrogens with zero attached hydrogens (tertiary/aromatic N) is 1. The van der Waals surface area contributed by atoms with E-state index in [4.69, 9.17) is 0 Å². The van der Waals surface area contributed by atoms with E-state index < -0.39 is 0 Å². The maximum atomic E-state index is 11.0. The van der Waals surface area contributed by atoms with E-state index in [9.17, 15) is 4.91 Å². The van der Waals surface area contributed by atoms with Crippen LogP contribution in [0.25, 0.3) is 5.52 Å². The Morgan fingerprint density at radius 1 is 1.27 bits per heavy atom. The molecule has 15 heavy (non-hydrogen) atoms. The molecule has 0 aromatic carbocycles. The van der Waals surface area contributed by atoms with Gasteiger partial charge in [-0.25, -0.2) is 0 Å². The first-order chi connectivity index (χ1) is 7.04. The number of nitroso groups, excluding NO2 is 1. The van der Waals surface area contributed by atoms with Crippen molar-refractivity contribution in [2.45, 2.75) is 26.2 Å². The number of pyridine rings is 1. The monoisotopic (exact) mass is 203 g/mol. The summed E-state index contributed by atoms with van der Waals surface area (Å²) in [5.74, 6) is 0.637. The summed E-state index contributed by atoms with van der Waals surface area (Å²) in [5.41, 5.74) is 2.06. The van der Waals surface area contributed by atoms with Crippen LogP contribution in [0.4, 0.5) is 5.82 Å². The second-order valence-electron chi connectivity index (χ2n) is 4.75. The van der Waals surface area contributed by atoms with Gasteiger partial charge in [0.1, 0.15) is 5.52 Å². The van der Waals surface area contributed by atoms with Gasteiger partial charge in [0, 0.05) is 0 Å². The minimum absolute atomic E-state index is 0.0290. The highest BCUT2D eigenvalue weighted by Crippen LogP contribution is 2.29. The normalized spacial score (nSPS) is 11.9. The summed E-state index contributed by atoms with van der Waals surface area (Å²) < 4.78 is 1.88. The number of hydrogen-bond donors (Lipinski definition) is 1. The van der Waals surface area contributed by atoms with Crippen molar-refractivity contribution in [2.75, 3.05) is 0 Å². The Morgan fingerprint density at radius 2 is 2.00 bits per heavy atom. The summed E-state index contributed by atoms with van der Waals surface area (Å²) in [6, 6.07) is 7.94. The largest absolute Gasteiger partial charge is 0.326 e. The van der Waals surface area contributed by atoms with E-state index in [2.05, 4.69) is 26.8 Å². The fourth-order valence-corrected chi connectivity index (χ4v) is 1.80. The second kappa shape index (κ2) is 3.19. The maximum absolute atomic E-state index is 11.0. The van der Waals surface area contributed by atoms with E-state index >= 15 is 0 Å².